The number of nitrogens with zero attached hydrogens (tertiary/aromatic N) is 1. The average molecular weight is 392 g/mol. The molecule has 0 aromatic heterocycles. The second-order valence-electron chi connectivity index (χ2n) is 5.31. The predicted octanol–water partition coefficient (Wildman–Crippen LogP) is 4.92. The first kappa shape index (κ1) is 18.2. The van der Waals surface area contributed by atoms with Crippen LogP contribution >= 0.6 is 15.9 Å². The maximum Gasteiger partial charge on any atom is 0.234 e. The summed E-state index contributed by atoms with van der Waals surface area (Å²) in [5.41, 5.74) is 1.06. The lowest BCUT2D eigenvalue weighted by molar-refractivity contribution is -0.119. The van der Waals surface area contributed by atoms with E-state index in [4.69, 9.17) is 4.74 Å². The van der Waals surface area contributed by atoms with Gasteiger partial charge in [0.05, 0.1) is 18.7 Å². The number of halogens is 2. The van der Waals surface area contributed by atoms with Gasteiger partial charge in [-0.3, -0.25) is 4.79 Å². The molecule has 0 saturated carbocycles. The summed E-state index contributed by atoms with van der Waals surface area (Å²) in [6, 6.07) is 11.7. The minimum atomic E-state index is -0.622. The third-order valence-corrected chi connectivity index (χ3v) is 4.46. The van der Waals surface area contributed by atoms with Gasteiger partial charge < -0.3 is 9.64 Å². The molecule has 5 heteroatoms. The van der Waals surface area contributed by atoms with Crippen molar-refractivity contribution >= 4 is 27.5 Å². The lowest BCUT2D eigenvalue weighted by Gasteiger charge is -2.25. The molecule has 0 heterocycles. The highest BCUT2D eigenvalue weighted by atomic mass is 79.9. The molecule has 0 N–H and O–H groups in total. The Balaban J connectivity index is 2.36. The van der Waals surface area contributed by atoms with Crippen LogP contribution in [0, 0.1) is 5.82 Å². The van der Waals surface area contributed by atoms with Crippen LogP contribution in [0.1, 0.15) is 17.9 Å². The Morgan fingerprint density at radius 2 is 2.08 bits per heavy atom. The van der Waals surface area contributed by atoms with E-state index in [1.807, 2.05) is 0 Å². The molecule has 0 fully saturated rings. The number of likely N-dealkylation sites (N-methyl/N-ethyl adjacent to an activating group) is 1. The SMILES string of the molecule is C=CCC(C(=O)N(C)c1ccc(OC)cc1Br)c1ccccc1F. The van der Waals surface area contributed by atoms with E-state index in [1.165, 1.54) is 11.0 Å². The number of ether oxygens (including phenoxy) is 1. The Bertz CT molecular complexity index is 748. The minimum absolute atomic E-state index is 0.203. The molecule has 0 aliphatic carbocycles. The third-order valence-electron chi connectivity index (χ3n) is 3.83. The highest BCUT2D eigenvalue weighted by molar-refractivity contribution is 9.10. The van der Waals surface area contributed by atoms with Gasteiger partial charge in [-0.25, -0.2) is 4.39 Å². The van der Waals surface area contributed by atoms with Gasteiger partial charge in [0, 0.05) is 17.1 Å². The molecule has 0 aliphatic heterocycles. The monoisotopic (exact) mass is 391 g/mol. The van der Waals surface area contributed by atoms with Gasteiger partial charge in [0.25, 0.3) is 0 Å². The van der Waals surface area contributed by atoms with Crippen molar-refractivity contribution in [2.24, 2.45) is 0 Å². The van der Waals surface area contributed by atoms with Crippen molar-refractivity contribution in [2.45, 2.75) is 12.3 Å². The molecule has 0 aliphatic rings. The van der Waals surface area contributed by atoms with Gasteiger partial charge in [0.2, 0.25) is 5.91 Å². The molecule has 0 bridgehead atoms. The summed E-state index contributed by atoms with van der Waals surface area (Å²) in [4.78, 5) is 14.5. The number of benzene rings is 2. The topological polar surface area (TPSA) is 29.5 Å². The zero-order chi connectivity index (χ0) is 17.7. The van der Waals surface area contributed by atoms with E-state index in [0.717, 1.165) is 4.47 Å². The Morgan fingerprint density at radius 1 is 1.38 bits per heavy atom. The zero-order valence-corrected chi connectivity index (χ0v) is 15.2. The van der Waals surface area contributed by atoms with Crippen LogP contribution in [0.15, 0.2) is 59.6 Å². The molecule has 2 aromatic carbocycles. The van der Waals surface area contributed by atoms with Crippen LogP contribution in [-0.4, -0.2) is 20.1 Å². The van der Waals surface area contributed by atoms with E-state index in [9.17, 15) is 9.18 Å². The molecule has 1 amide bonds. The standard InChI is InChI=1S/C19H19BrFNO2/c1-4-7-15(14-8-5-6-9-17(14)21)19(23)22(2)18-11-10-13(24-3)12-16(18)20/h4-6,8-12,15H,1,7H2,2-3H3. The van der Waals surface area contributed by atoms with E-state index in [-0.39, 0.29) is 11.7 Å². The molecule has 1 atom stereocenters. The second kappa shape index (κ2) is 8.11. The highest BCUT2D eigenvalue weighted by Crippen LogP contribution is 2.33. The zero-order valence-electron chi connectivity index (χ0n) is 13.6. The van der Waals surface area contributed by atoms with Crippen molar-refractivity contribution in [1.82, 2.24) is 0 Å². The summed E-state index contributed by atoms with van der Waals surface area (Å²) in [5, 5.41) is 0. The van der Waals surface area contributed by atoms with Crippen LogP contribution in [0.25, 0.3) is 0 Å². The molecule has 2 aromatic rings. The summed E-state index contributed by atoms with van der Waals surface area (Å²) < 4.78 is 20.0. The van der Waals surface area contributed by atoms with Gasteiger partial charge in [-0.15, -0.1) is 6.58 Å². The first-order chi connectivity index (χ1) is 11.5. The fourth-order valence-corrected chi connectivity index (χ4v) is 3.15. The summed E-state index contributed by atoms with van der Waals surface area (Å²) in [6.45, 7) is 3.69. The predicted molar refractivity (Wildman–Crippen MR) is 98.1 cm³/mol. The Kier molecular flexibility index (Phi) is 6.15. The van der Waals surface area contributed by atoms with E-state index >= 15 is 0 Å². The Labute approximate surface area is 149 Å². The molecule has 0 radical (unpaired) electrons. The van der Waals surface area contributed by atoms with Gasteiger partial charge >= 0.3 is 0 Å². The quantitative estimate of drug-likeness (QED) is 0.654. The molecule has 24 heavy (non-hydrogen) atoms. The minimum Gasteiger partial charge on any atom is -0.497 e. The summed E-state index contributed by atoms with van der Waals surface area (Å²) >= 11 is 3.45. The summed E-state index contributed by atoms with van der Waals surface area (Å²) in [7, 11) is 3.25. The molecule has 2 rings (SSSR count). The number of allylic oxidation sites excluding steroid dienone is 1. The number of hydrogen-bond donors (Lipinski definition) is 0. The van der Waals surface area contributed by atoms with Crippen LogP contribution in [-0.2, 0) is 4.79 Å². The fourth-order valence-electron chi connectivity index (χ4n) is 2.52. The maximum atomic E-state index is 14.1. The lowest BCUT2D eigenvalue weighted by atomic mass is 9.93. The number of amides is 1. The van der Waals surface area contributed by atoms with Crippen molar-refractivity contribution in [3.63, 3.8) is 0 Å². The first-order valence-corrected chi connectivity index (χ1v) is 8.25. The molecule has 3 nitrogen and oxygen atoms in total. The van der Waals surface area contributed by atoms with Gasteiger partial charge in [-0.05, 0) is 46.6 Å². The van der Waals surface area contributed by atoms with Crippen molar-refractivity contribution in [3.05, 3.63) is 71.0 Å². The lowest BCUT2D eigenvalue weighted by Crippen LogP contribution is -2.32. The van der Waals surface area contributed by atoms with Crippen LogP contribution in [0.4, 0.5) is 10.1 Å². The first-order valence-electron chi connectivity index (χ1n) is 7.46. The van der Waals surface area contributed by atoms with Crippen molar-refractivity contribution in [3.8, 4) is 5.75 Å². The van der Waals surface area contributed by atoms with Crippen LogP contribution < -0.4 is 9.64 Å². The van der Waals surface area contributed by atoms with E-state index in [0.29, 0.717) is 23.4 Å². The number of methoxy groups -OCH3 is 1. The van der Waals surface area contributed by atoms with Gasteiger partial charge in [-0.2, -0.15) is 0 Å². The number of carbonyl (C=O) groups is 1. The Hall–Kier alpha value is -2.14. The smallest absolute Gasteiger partial charge is 0.234 e. The third kappa shape index (κ3) is 3.85. The van der Waals surface area contributed by atoms with Gasteiger partial charge in [0.1, 0.15) is 11.6 Å². The Morgan fingerprint density at radius 3 is 2.67 bits per heavy atom. The second-order valence-corrected chi connectivity index (χ2v) is 6.17. The van der Waals surface area contributed by atoms with Crippen LogP contribution in [0.5, 0.6) is 5.75 Å². The normalized spacial score (nSPS) is 11.7. The van der Waals surface area contributed by atoms with E-state index in [1.54, 1.807) is 56.6 Å². The molecular formula is C19H19BrFNO2. The van der Waals surface area contributed by atoms with E-state index in [2.05, 4.69) is 22.5 Å². The average Bonchev–Trinajstić information content (AvgIpc) is 2.59. The molecule has 1 unspecified atom stereocenters. The summed E-state index contributed by atoms with van der Waals surface area (Å²) in [5.74, 6) is -0.531. The van der Waals surface area contributed by atoms with Crippen LogP contribution in [0.3, 0.4) is 0 Å². The van der Waals surface area contributed by atoms with Crippen molar-refractivity contribution < 1.29 is 13.9 Å². The largest absolute Gasteiger partial charge is 0.497 e. The maximum absolute atomic E-state index is 14.1. The van der Waals surface area contributed by atoms with Gasteiger partial charge in [-0.1, -0.05) is 24.3 Å². The fraction of sp³-hybridized carbons (Fsp3) is 0.211. The number of rotatable bonds is 6. The highest BCUT2D eigenvalue weighted by Gasteiger charge is 2.26. The van der Waals surface area contributed by atoms with E-state index < -0.39 is 5.92 Å². The number of anilines is 1. The molecule has 0 saturated heterocycles. The molecule has 126 valence electrons. The van der Waals surface area contributed by atoms with Gasteiger partial charge in [0.15, 0.2) is 0 Å². The van der Waals surface area contributed by atoms with Crippen LogP contribution in [0.2, 0.25) is 0 Å². The van der Waals surface area contributed by atoms with Crippen molar-refractivity contribution in [1.29, 1.82) is 0 Å². The molecular weight excluding hydrogens is 373 g/mol. The molecule has 0 spiro atoms. The summed E-state index contributed by atoms with van der Waals surface area (Å²) in [6.07, 6.45) is 1.99. The number of hydrogen-bond acceptors (Lipinski definition) is 2. The van der Waals surface area contributed by atoms with Crippen molar-refractivity contribution in [2.75, 3.05) is 19.1 Å². The number of carbonyl (C=O) groups excluding carboxylic acids is 1.